The lowest BCUT2D eigenvalue weighted by Gasteiger charge is -2.29. The molecule has 1 saturated heterocycles. The van der Waals surface area contributed by atoms with Gasteiger partial charge in [-0.05, 0) is 33.6 Å². The first-order valence-electron chi connectivity index (χ1n) is 6.79. The van der Waals surface area contributed by atoms with Crippen molar-refractivity contribution in [2.45, 2.75) is 45.7 Å². The lowest BCUT2D eigenvalue weighted by Crippen LogP contribution is -2.46. The van der Waals surface area contributed by atoms with Gasteiger partial charge >= 0.3 is 6.09 Å². The van der Waals surface area contributed by atoms with Crippen molar-refractivity contribution in [3.05, 3.63) is 0 Å². The fourth-order valence-electron chi connectivity index (χ4n) is 1.96. The number of aliphatic imine (C=N–C) groups is 1. The Morgan fingerprint density at radius 1 is 1.47 bits per heavy atom. The lowest BCUT2D eigenvalue weighted by molar-refractivity contribution is 0.0975. The maximum Gasteiger partial charge on any atom is 0.409 e. The summed E-state index contributed by atoms with van der Waals surface area (Å²) in [6, 6.07) is 0.456. The van der Waals surface area contributed by atoms with Gasteiger partial charge in [0.05, 0.1) is 12.6 Å². The van der Waals surface area contributed by atoms with Gasteiger partial charge < -0.3 is 15.0 Å². The van der Waals surface area contributed by atoms with Crippen molar-refractivity contribution >= 4 is 12.1 Å². The molecule has 7 heteroatoms. The van der Waals surface area contributed by atoms with E-state index in [1.165, 1.54) is 0 Å². The number of nitrogens with one attached hydrogen (secondary N) is 2. The van der Waals surface area contributed by atoms with Crippen molar-refractivity contribution in [2.75, 3.05) is 19.7 Å². The number of hydrazine groups is 1. The molecule has 0 aromatic carbocycles. The predicted octanol–water partition coefficient (Wildman–Crippen LogP) is 0.425. The van der Waals surface area contributed by atoms with Crippen LogP contribution in [0.2, 0.25) is 0 Å². The minimum Gasteiger partial charge on any atom is -0.450 e. The van der Waals surface area contributed by atoms with Gasteiger partial charge in [0.2, 0.25) is 5.96 Å². The minimum atomic E-state index is -0.234. The van der Waals surface area contributed by atoms with E-state index in [0.29, 0.717) is 25.7 Å². The average Bonchev–Trinajstić information content (AvgIpc) is 2.38. The number of likely N-dealkylation sites (tertiary alicyclic amines) is 1. The van der Waals surface area contributed by atoms with Crippen LogP contribution in [0, 0.1) is 0 Å². The van der Waals surface area contributed by atoms with E-state index in [9.17, 15) is 4.79 Å². The number of amides is 1. The Balaban J connectivity index is 2.44. The molecule has 1 aliphatic rings. The second-order valence-corrected chi connectivity index (χ2v) is 4.84. The van der Waals surface area contributed by atoms with E-state index in [1.807, 2.05) is 20.8 Å². The van der Waals surface area contributed by atoms with Crippen LogP contribution >= 0.6 is 0 Å². The summed E-state index contributed by atoms with van der Waals surface area (Å²) in [7, 11) is 0. The van der Waals surface area contributed by atoms with E-state index >= 15 is 0 Å². The molecule has 110 valence electrons. The van der Waals surface area contributed by atoms with Gasteiger partial charge in [0.15, 0.2) is 0 Å². The summed E-state index contributed by atoms with van der Waals surface area (Å²) in [5.74, 6) is 6.03. The van der Waals surface area contributed by atoms with Crippen molar-refractivity contribution in [1.29, 1.82) is 0 Å². The lowest BCUT2D eigenvalue weighted by atomic mass is 10.1. The molecule has 0 saturated carbocycles. The van der Waals surface area contributed by atoms with E-state index in [1.54, 1.807) is 4.90 Å². The summed E-state index contributed by atoms with van der Waals surface area (Å²) in [5, 5.41) is 3.14. The highest BCUT2D eigenvalue weighted by molar-refractivity contribution is 5.79. The first kappa shape index (κ1) is 15.6. The number of carbonyl (C=O) groups is 1. The SMILES string of the molecule is CCOC(=O)N1CCC(N=C(NN)NC(C)C)CC1. The molecule has 4 N–H and O–H groups in total. The summed E-state index contributed by atoms with van der Waals surface area (Å²) in [6.07, 6.45) is 1.41. The maximum absolute atomic E-state index is 11.6. The Labute approximate surface area is 114 Å². The minimum absolute atomic E-state index is 0.183. The highest BCUT2D eigenvalue weighted by Gasteiger charge is 2.23. The molecular formula is C12H25N5O2. The molecule has 1 aliphatic heterocycles. The third-order valence-corrected chi connectivity index (χ3v) is 2.86. The van der Waals surface area contributed by atoms with Gasteiger partial charge in [-0.2, -0.15) is 0 Å². The number of carbonyl (C=O) groups excluding carboxylic acids is 1. The van der Waals surface area contributed by atoms with E-state index in [0.717, 1.165) is 12.8 Å². The van der Waals surface area contributed by atoms with E-state index in [4.69, 9.17) is 10.6 Å². The zero-order chi connectivity index (χ0) is 14.3. The van der Waals surface area contributed by atoms with Crippen molar-refractivity contribution in [3.63, 3.8) is 0 Å². The van der Waals surface area contributed by atoms with Crippen LogP contribution in [0.1, 0.15) is 33.6 Å². The maximum atomic E-state index is 11.6. The number of hydrogen-bond acceptors (Lipinski definition) is 4. The number of guanidine groups is 1. The molecule has 0 spiro atoms. The Hall–Kier alpha value is -1.50. The molecule has 0 aliphatic carbocycles. The molecule has 0 atom stereocenters. The molecule has 0 bridgehead atoms. The number of rotatable bonds is 3. The van der Waals surface area contributed by atoms with Crippen LogP contribution < -0.4 is 16.6 Å². The van der Waals surface area contributed by atoms with Gasteiger partial charge in [-0.25, -0.2) is 15.6 Å². The summed E-state index contributed by atoms with van der Waals surface area (Å²) in [4.78, 5) is 17.8. The molecule has 19 heavy (non-hydrogen) atoms. The number of nitrogens with zero attached hydrogens (tertiary/aromatic N) is 2. The average molecular weight is 271 g/mol. The fraction of sp³-hybridized carbons (Fsp3) is 0.833. The second kappa shape index (κ2) is 7.83. The number of piperidine rings is 1. The van der Waals surface area contributed by atoms with Gasteiger partial charge in [0, 0.05) is 19.1 Å². The van der Waals surface area contributed by atoms with Crippen molar-refractivity contribution in [3.8, 4) is 0 Å². The quantitative estimate of drug-likeness (QED) is 0.299. The summed E-state index contributed by atoms with van der Waals surface area (Å²) < 4.78 is 4.98. The zero-order valence-electron chi connectivity index (χ0n) is 12.0. The van der Waals surface area contributed by atoms with Crippen LogP contribution in [0.15, 0.2) is 4.99 Å². The fourth-order valence-corrected chi connectivity index (χ4v) is 1.96. The monoisotopic (exact) mass is 271 g/mol. The van der Waals surface area contributed by atoms with Crippen LogP contribution in [0.25, 0.3) is 0 Å². The topological polar surface area (TPSA) is 92.0 Å². The summed E-state index contributed by atoms with van der Waals surface area (Å²) >= 11 is 0. The van der Waals surface area contributed by atoms with Crippen LogP contribution in [-0.4, -0.2) is 48.7 Å². The van der Waals surface area contributed by atoms with Crippen LogP contribution in [0.3, 0.4) is 0 Å². The van der Waals surface area contributed by atoms with E-state index < -0.39 is 0 Å². The van der Waals surface area contributed by atoms with Gasteiger partial charge in [0.25, 0.3) is 0 Å². The molecule has 0 unspecified atom stereocenters. The number of ether oxygens (including phenoxy) is 1. The van der Waals surface area contributed by atoms with Crippen molar-refractivity contribution in [2.24, 2.45) is 10.8 Å². The third kappa shape index (κ3) is 5.34. The highest BCUT2D eigenvalue weighted by Crippen LogP contribution is 2.14. The van der Waals surface area contributed by atoms with Gasteiger partial charge in [-0.15, -0.1) is 0 Å². The van der Waals surface area contributed by atoms with Crippen molar-refractivity contribution in [1.82, 2.24) is 15.6 Å². The van der Waals surface area contributed by atoms with Gasteiger partial charge in [-0.3, -0.25) is 5.43 Å². The van der Waals surface area contributed by atoms with Crippen LogP contribution in [-0.2, 0) is 4.74 Å². The molecular weight excluding hydrogens is 246 g/mol. The Kier molecular flexibility index (Phi) is 6.41. The van der Waals surface area contributed by atoms with Crippen LogP contribution in [0.5, 0.6) is 0 Å². The Bertz CT molecular complexity index is 311. The van der Waals surface area contributed by atoms with Crippen LogP contribution in [0.4, 0.5) is 4.79 Å². The summed E-state index contributed by atoms with van der Waals surface area (Å²) in [6.45, 7) is 7.62. The molecule has 1 amide bonds. The Morgan fingerprint density at radius 3 is 2.58 bits per heavy atom. The smallest absolute Gasteiger partial charge is 0.409 e. The largest absolute Gasteiger partial charge is 0.450 e. The molecule has 1 fully saturated rings. The zero-order valence-corrected chi connectivity index (χ0v) is 12.0. The first-order valence-corrected chi connectivity index (χ1v) is 6.79. The van der Waals surface area contributed by atoms with Gasteiger partial charge in [0.1, 0.15) is 0 Å². The summed E-state index contributed by atoms with van der Waals surface area (Å²) in [5.41, 5.74) is 2.57. The standard InChI is InChI=1S/C12H25N5O2/c1-4-19-12(18)17-7-5-10(6-8-17)15-11(16-13)14-9(2)3/h9-10H,4-8,13H2,1-3H3,(H2,14,15,16). The second-order valence-electron chi connectivity index (χ2n) is 4.84. The van der Waals surface area contributed by atoms with E-state index in [-0.39, 0.29) is 18.2 Å². The predicted molar refractivity (Wildman–Crippen MR) is 74.6 cm³/mol. The van der Waals surface area contributed by atoms with Gasteiger partial charge in [-0.1, -0.05) is 0 Å². The molecule has 1 rings (SSSR count). The molecule has 0 aromatic heterocycles. The van der Waals surface area contributed by atoms with Crippen molar-refractivity contribution < 1.29 is 9.53 Å². The molecule has 7 nitrogen and oxygen atoms in total. The molecule has 0 aromatic rings. The normalized spacial score (nSPS) is 17.5. The number of nitrogens with two attached hydrogens (primary N) is 1. The molecule has 0 radical (unpaired) electrons. The highest BCUT2D eigenvalue weighted by atomic mass is 16.6. The Morgan fingerprint density at radius 2 is 2.11 bits per heavy atom. The first-order chi connectivity index (χ1) is 9.06. The molecule has 1 heterocycles. The van der Waals surface area contributed by atoms with E-state index in [2.05, 4.69) is 15.7 Å². The third-order valence-electron chi connectivity index (χ3n) is 2.86. The number of hydrogen-bond donors (Lipinski definition) is 3.